The molecular formula is C11H19NO4S. The zero-order chi connectivity index (χ0) is 13.1. The summed E-state index contributed by atoms with van der Waals surface area (Å²) in [5.74, 6) is -1.04. The first-order valence-electron chi connectivity index (χ1n) is 5.70. The number of sulfonamides is 1. The van der Waals surface area contributed by atoms with Gasteiger partial charge in [-0.15, -0.1) is 6.58 Å². The van der Waals surface area contributed by atoms with Gasteiger partial charge in [-0.1, -0.05) is 13.0 Å². The molecular weight excluding hydrogens is 242 g/mol. The van der Waals surface area contributed by atoms with Crippen molar-refractivity contribution in [3.63, 3.8) is 0 Å². The maximum absolute atomic E-state index is 11.9. The smallest absolute Gasteiger partial charge is 0.310 e. The van der Waals surface area contributed by atoms with Crippen LogP contribution in [-0.4, -0.2) is 42.6 Å². The molecule has 0 spiro atoms. The number of hydrogen-bond donors (Lipinski definition) is 1. The average Bonchev–Trinajstić information content (AvgIpc) is 2.28. The van der Waals surface area contributed by atoms with Crippen LogP contribution in [0.15, 0.2) is 12.7 Å². The molecule has 5 nitrogen and oxygen atoms in total. The molecule has 0 radical (unpaired) electrons. The van der Waals surface area contributed by atoms with Crippen LogP contribution in [0, 0.1) is 5.41 Å². The molecule has 1 fully saturated rings. The van der Waals surface area contributed by atoms with Crippen molar-refractivity contribution in [3.8, 4) is 0 Å². The Morgan fingerprint density at radius 1 is 1.59 bits per heavy atom. The molecule has 0 saturated carbocycles. The number of piperidine rings is 1. The molecule has 1 unspecified atom stereocenters. The molecule has 1 aliphatic rings. The zero-order valence-corrected chi connectivity index (χ0v) is 10.9. The number of carboxylic acids is 1. The fourth-order valence-electron chi connectivity index (χ4n) is 2.20. The van der Waals surface area contributed by atoms with E-state index in [-0.39, 0.29) is 12.3 Å². The normalized spacial score (nSPS) is 26.6. The van der Waals surface area contributed by atoms with Gasteiger partial charge >= 0.3 is 5.97 Å². The third-order valence-electron chi connectivity index (χ3n) is 3.39. The summed E-state index contributed by atoms with van der Waals surface area (Å²) >= 11 is 0. The van der Waals surface area contributed by atoms with Crippen LogP contribution in [0.4, 0.5) is 0 Å². The summed E-state index contributed by atoms with van der Waals surface area (Å²) in [5, 5.41) is 9.26. The van der Waals surface area contributed by atoms with Crippen molar-refractivity contribution in [1.82, 2.24) is 4.31 Å². The standard InChI is InChI=1S/C11H19NO4S/c1-3-8-17(15,16)12-7-5-6-11(4-2,9-12)10(13)14/h3H,1,4-9H2,2H3,(H,13,14). The Bertz CT molecular complexity index is 404. The van der Waals surface area contributed by atoms with Gasteiger partial charge in [-0.2, -0.15) is 0 Å². The highest BCUT2D eigenvalue weighted by Gasteiger charge is 2.43. The van der Waals surface area contributed by atoms with E-state index in [1.54, 1.807) is 6.92 Å². The van der Waals surface area contributed by atoms with Crippen molar-refractivity contribution in [2.75, 3.05) is 18.8 Å². The lowest BCUT2D eigenvalue weighted by Gasteiger charge is -2.38. The summed E-state index contributed by atoms with van der Waals surface area (Å²) in [4.78, 5) is 11.3. The third kappa shape index (κ3) is 2.87. The van der Waals surface area contributed by atoms with Crippen LogP contribution in [0.3, 0.4) is 0 Å². The van der Waals surface area contributed by atoms with Gasteiger partial charge in [-0.25, -0.2) is 12.7 Å². The van der Waals surface area contributed by atoms with Crippen LogP contribution in [-0.2, 0) is 14.8 Å². The van der Waals surface area contributed by atoms with Gasteiger partial charge in [-0.05, 0) is 19.3 Å². The largest absolute Gasteiger partial charge is 0.481 e. The monoisotopic (exact) mass is 261 g/mol. The quantitative estimate of drug-likeness (QED) is 0.751. The summed E-state index contributed by atoms with van der Waals surface area (Å²) < 4.78 is 25.0. The molecule has 0 aliphatic carbocycles. The molecule has 1 rings (SSSR count). The van der Waals surface area contributed by atoms with Crippen molar-refractivity contribution in [3.05, 3.63) is 12.7 Å². The lowest BCUT2D eigenvalue weighted by Crippen LogP contribution is -2.50. The number of aliphatic carboxylic acids is 1. The zero-order valence-electron chi connectivity index (χ0n) is 10.1. The van der Waals surface area contributed by atoms with E-state index in [0.29, 0.717) is 25.8 Å². The van der Waals surface area contributed by atoms with Crippen LogP contribution in [0.5, 0.6) is 0 Å². The average molecular weight is 261 g/mol. The maximum atomic E-state index is 11.9. The molecule has 0 aromatic rings. The number of nitrogens with zero attached hydrogens (tertiary/aromatic N) is 1. The van der Waals surface area contributed by atoms with Gasteiger partial charge in [0.2, 0.25) is 10.0 Å². The van der Waals surface area contributed by atoms with Crippen molar-refractivity contribution in [1.29, 1.82) is 0 Å². The Hall–Kier alpha value is -0.880. The minimum absolute atomic E-state index is 0.0784. The Morgan fingerprint density at radius 3 is 2.71 bits per heavy atom. The second-order valence-corrected chi connectivity index (χ2v) is 6.46. The van der Waals surface area contributed by atoms with Gasteiger partial charge in [0.15, 0.2) is 0 Å². The van der Waals surface area contributed by atoms with E-state index in [1.807, 2.05) is 0 Å². The molecule has 1 heterocycles. The lowest BCUT2D eigenvalue weighted by atomic mass is 9.78. The van der Waals surface area contributed by atoms with Crippen molar-refractivity contribution >= 4 is 16.0 Å². The predicted molar refractivity (Wildman–Crippen MR) is 65.2 cm³/mol. The number of rotatable bonds is 5. The molecule has 0 aromatic heterocycles. The maximum Gasteiger partial charge on any atom is 0.310 e. The third-order valence-corrected chi connectivity index (χ3v) is 5.15. The van der Waals surface area contributed by atoms with Gasteiger partial charge in [0, 0.05) is 13.1 Å². The van der Waals surface area contributed by atoms with Crippen LogP contribution < -0.4 is 0 Å². The molecule has 1 N–H and O–H groups in total. The minimum atomic E-state index is -3.40. The molecule has 6 heteroatoms. The second-order valence-electron chi connectivity index (χ2n) is 4.44. The van der Waals surface area contributed by atoms with Crippen molar-refractivity contribution in [2.24, 2.45) is 5.41 Å². The van der Waals surface area contributed by atoms with E-state index in [1.165, 1.54) is 10.4 Å². The van der Waals surface area contributed by atoms with Gasteiger partial charge in [0.05, 0.1) is 11.2 Å². The van der Waals surface area contributed by atoms with Crippen LogP contribution in [0.25, 0.3) is 0 Å². The number of hydrogen-bond acceptors (Lipinski definition) is 3. The van der Waals surface area contributed by atoms with Gasteiger partial charge in [0.1, 0.15) is 0 Å². The Morgan fingerprint density at radius 2 is 2.24 bits per heavy atom. The summed E-state index contributed by atoms with van der Waals surface area (Å²) in [5.41, 5.74) is -0.924. The molecule has 0 aromatic carbocycles. The van der Waals surface area contributed by atoms with Crippen molar-refractivity contribution in [2.45, 2.75) is 26.2 Å². The van der Waals surface area contributed by atoms with E-state index in [0.717, 1.165) is 0 Å². The van der Waals surface area contributed by atoms with E-state index >= 15 is 0 Å². The van der Waals surface area contributed by atoms with Gasteiger partial charge in [-0.3, -0.25) is 4.79 Å². The molecule has 1 aliphatic heterocycles. The van der Waals surface area contributed by atoms with Crippen LogP contribution in [0.2, 0.25) is 0 Å². The van der Waals surface area contributed by atoms with E-state index in [9.17, 15) is 18.3 Å². The highest BCUT2D eigenvalue weighted by atomic mass is 32.2. The van der Waals surface area contributed by atoms with Crippen molar-refractivity contribution < 1.29 is 18.3 Å². The molecule has 0 bridgehead atoms. The molecule has 0 amide bonds. The predicted octanol–water partition coefficient (Wildman–Crippen LogP) is 1.08. The van der Waals surface area contributed by atoms with Crippen LogP contribution in [0.1, 0.15) is 26.2 Å². The Kier molecular flexibility index (Phi) is 4.32. The summed E-state index contributed by atoms with van der Waals surface area (Å²) in [7, 11) is -3.40. The molecule has 1 saturated heterocycles. The first-order valence-corrected chi connectivity index (χ1v) is 7.31. The lowest BCUT2D eigenvalue weighted by molar-refractivity contribution is -0.151. The van der Waals surface area contributed by atoms with E-state index < -0.39 is 21.4 Å². The summed E-state index contributed by atoms with van der Waals surface area (Å²) in [6.45, 7) is 5.69. The first-order chi connectivity index (χ1) is 7.88. The van der Waals surface area contributed by atoms with Gasteiger partial charge in [0.25, 0.3) is 0 Å². The minimum Gasteiger partial charge on any atom is -0.481 e. The highest BCUT2D eigenvalue weighted by molar-refractivity contribution is 7.89. The van der Waals surface area contributed by atoms with E-state index in [2.05, 4.69) is 6.58 Å². The number of carboxylic acid groups (broad SMARTS) is 1. The number of carbonyl (C=O) groups is 1. The Balaban J connectivity index is 2.93. The Labute approximate surface area is 102 Å². The summed E-state index contributed by atoms with van der Waals surface area (Å²) in [6, 6.07) is 0. The highest BCUT2D eigenvalue weighted by Crippen LogP contribution is 2.34. The molecule has 1 atom stereocenters. The van der Waals surface area contributed by atoms with Gasteiger partial charge < -0.3 is 5.11 Å². The topological polar surface area (TPSA) is 74.7 Å². The fourth-order valence-corrected chi connectivity index (χ4v) is 3.56. The second kappa shape index (κ2) is 5.18. The fraction of sp³-hybridized carbons (Fsp3) is 0.727. The van der Waals surface area contributed by atoms with E-state index in [4.69, 9.17) is 0 Å². The van der Waals surface area contributed by atoms with Crippen LogP contribution >= 0.6 is 0 Å². The first kappa shape index (κ1) is 14.2. The summed E-state index contributed by atoms with van der Waals surface area (Å²) in [6.07, 6.45) is 2.91. The molecule has 17 heavy (non-hydrogen) atoms. The molecule has 98 valence electrons. The SMILES string of the molecule is C=CCS(=O)(=O)N1CCCC(CC)(C(=O)O)C1.